The van der Waals surface area contributed by atoms with Crippen LogP contribution in [-0.2, 0) is 6.54 Å². The maximum atomic E-state index is 13.5. The molecule has 1 aliphatic rings. The summed E-state index contributed by atoms with van der Waals surface area (Å²) in [5.41, 5.74) is 0.787. The molecule has 2 nitrogen and oxygen atoms in total. The summed E-state index contributed by atoms with van der Waals surface area (Å²) in [5, 5.41) is 4.40. The van der Waals surface area contributed by atoms with Gasteiger partial charge >= 0.3 is 0 Å². The van der Waals surface area contributed by atoms with E-state index in [-0.39, 0.29) is 11.4 Å². The fourth-order valence-corrected chi connectivity index (χ4v) is 3.08. The van der Waals surface area contributed by atoms with Crippen molar-refractivity contribution in [3.63, 3.8) is 0 Å². The average molecular weight is 266 g/mol. The first-order chi connectivity index (χ1) is 8.63. The first-order valence-electron chi connectivity index (χ1n) is 6.32. The lowest BCUT2D eigenvalue weighted by atomic mass is 9.96. The third kappa shape index (κ3) is 3.25. The number of nitrogens with one attached hydrogen (secondary N) is 1. The van der Waals surface area contributed by atoms with Crippen molar-refractivity contribution in [2.75, 3.05) is 5.75 Å². The fraction of sp³-hybridized carbons (Fsp3) is 0.500. The second-order valence-electron chi connectivity index (χ2n) is 4.85. The van der Waals surface area contributed by atoms with Crippen molar-refractivity contribution in [3.05, 3.63) is 35.6 Å². The van der Waals surface area contributed by atoms with Crippen LogP contribution in [0.5, 0.6) is 0 Å². The molecule has 0 saturated carbocycles. The third-order valence-corrected chi connectivity index (χ3v) is 4.35. The molecule has 18 heavy (non-hydrogen) atoms. The van der Waals surface area contributed by atoms with E-state index in [4.69, 9.17) is 0 Å². The largest absolute Gasteiger partial charge is 0.360 e. The van der Waals surface area contributed by atoms with Gasteiger partial charge in [0.25, 0.3) is 0 Å². The lowest BCUT2D eigenvalue weighted by Gasteiger charge is -2.35. The molecule has 1 heterocycles. The van der Waals surface area contributed by atoms with Gasteiger partial charge in [-0.2, -0.15) is 0 Å². The number of aliphatic imine (C=N–C) groups is 1. The van der Waals surface area contributed by atoms with Gasteiger partial charge in [0.05, 0.1) is 6.54 Å². The van der Waals surface area contributed by atoms with Gasteiger partial charge in [0.1, 0.15) is 5.82 Å². The van der Waals surface area contributed by atoms with Gasteiger partial charge in [0, 0.05) is 16.9 Å². The molecule has 1 aliphatic heterocycles. The number of hydrogen-bond acceptors (Lipinski definition) is 2. The van der Waals surface area contributed by atoms with Crippen LogP contribution in [0.15, 0.2) is 29.3 Å². The minimum atomic E-state index is -0.180. The minimum Gasteiger partial charge on any atom is -0.360 e. The average Bonchev–Trinajstić information content (AvgIpc) is 2.38. The Morgan fingerprint density at radius 1 is 1.44 bits per heavy atom. The molecule has 1 aromatic carbocycles. The van der Waals surface area contributed by atoms with E-state index in [2.05, 4.69) is 24.2 Å². The number of hydrogen-bond donors (Lipinski definition) is 1. The van der Waals surface area contributed by atoms with Crippen LogP contribution in [-0.4, -0.2) is 16.5 Å². The van der Waals surface area contributed by atoms with Crippen LogP contribution < -0.4 is 5.32 Å². The van der Waals surface area contributed by atoms with Gasteiger partial charge in [-0.15, -0.1) is 0 Å². The van der Waals surface area contributed by atoms with Gasteiger partial charge < -0.3 is 5.32 Å². The molecular weight excluding hydrogens is 247 g/mol. The standard InChI is InChI=1S/C14H19FN2S/c1-3-14(2)8-9-18-13(17-14)16-10-11-6-4-5-7-12(11)15/h4-7H,3,8-10H2,1-2H3,(H,16,17). The molecular formula is C14H19FN2S. The maximum absolute atomic E-state index is 13.5. The highest BCUT2D eigenvalue weighted by molar-refractivity contribution is 8.13. The Bertz CT molecular complexity index is 447. The van der Waals surface area contributed by atoms with Crippen LogP contribution in [0.2, 0.25) is 0 Å². The van der Waals surface area contributed by atoms with Crippen molar-refractivity contribution in [1.29, 1.82) is 0 Å². The molecule has 0 amide bonds. The van der Waals surface area contributed by atoms with Crippen LogP contribution >= 0.6 is 11.8 Å². The van der Waals surface area contributed by atoms with E-state index in [1.807, 2.05) is 6.07 Å². The zero-order valence-corrected chi connectivity index (χ0v) is 11.7. The van der Waals surface area contributed by atoms with Crippen molar-refractivity contribution in [2.24, 2.45) is 4.99 Å². The SMILES string of the molecule is CCC1(C)CCSC(=NCc2ccccc2F)N1. The molecule has 98 valence electrons. The van der Waals surface area contributed by atoms with E-state index in [0.29, 0.717) is 12.1 Å². The van der Waals surface area contributed by atoms with Gasteiger partial charge in [-0.3, -0.25) is 4.99 Å². The number of benzene rings is 1. The monoisotopic (exact) mass is 266 g/mol. The van der Waals surface area contributed by atoms with Crippen molar-refractivity contribution >= 4 is 16.9 Å². The minimum absolute atomic E-state index is 0.138. The molecule has 0 bridgehead atoms. The highest BCUT2D eigenvalue weighted by Crippen LogP contribution is 2.25. The molecule has 1 N–H and O–H groups in total. The van der Waals surface area contributed by atoms with Crippen LogP contribution in [0.1, 0.15) is 32.3 Å². The Morgan fingerprint density at radius 2 is 2.22 bits per heavy atom. The lowest BCUT2D eigenvalue weighted by Crippen LogP contribution is -2.48. The highest BCUT2D eigenvalue weighted by Gasteiger charge is 2.27. The summed E-state index contributed by atoms with van der Waals surface area (Å²) in [7, 11) is 0. The molecule has 0 spiro atoms. The van der Waals surface area contributed by atoms with Crippen LogP contribution in [0.25, 0.3) is 0 Å². The van der Waals surface area contributed by atoms with E-state index in [0.717, 1.165) is 23.8 Å². The first kappa shape index (κ1) is 13.4. The Labute approximate surface area is 112 Å². The number of nitrogens with zero attached hydrogens (tertiary/aromatic N) is 1. The molecule has 2 rings (SSSR count). The Hall–Kier alpha value is -1.03. The summed E-state index contributed by atoms with van der Waals surface area (Å²) >= 11 is 1.72. The second kappa shape index (κ2) is 5.74. The molecule has 1 fully saturated rings. The number of halogens is 1. The highest BCUT2D eigenvalue weighted by atomic mass is 32.2. The summed E-state index contributed by atoms with van der Waals surface area (Å²) in [6.07, 6.45) is 2.22. The summed E-state index contributed by atoms with van der Waals surface area (Å²) in [6, 6.07) is 6.81. The molecule has 0 radical (unpaired) electrons. The smallest absolute Gasteiger partial charge is 0.157 e. The zero-order valence-electron chi connectivity index (χ0n) is 10.9. The van der Waals surface area contributed by atoms with Crippen molar-refractivity contribution < 1.29 is 4.39 Å². The first-order valence-corrected chi connectivity index (χ1v) is 7.30. The lowest BCUT2D eigenvalue weighted by molar-refractivity contribution is 0.390. The molecule has 0 aliphatic carbocycles. The van der Waals surface area contributed by atoms with Crippen LogP contribution in [0, 0.1) is 5.82 Å². The molecule has 1 aromatic rings. The van der Waals surface area contributed by atoms with E-state index in [9.17, 15) is 4.39 Å². The maximum Gasteiger partial charge on any atom is 0.157 e. The van der Waals surface area contributed by atoms with Crippen molar-refractivity contribution in [2.45, 2.75) is 38.8 Å². The predicted octanol–water partition coefficient (Wildman–Crippen LogP) is 3.58. The summed E-state index contributed by atoms with van der Waals surface area (Å²) in [4.78, 5) is 4.49. The summed E-state index contributed by atoms with van der Waals surface area (Å²) < 4.78 is 13.5. The summed E-state index contributed by atoms with van der Waals surface area (Å²) in [6.45, 7) is 4.80. The Morgan fingerprint density at radius 3 is 2.94 bits per heavy atom. The van der Waals surface area contributed by atoms with Gasteiger partial charge in [0.15, 0.2) is 5.17 Å². The van der Waals surface area contributed by atoms with Crippen molar-refractivity contribution in [1.82, 2.24) is 5.32 Å². The van der Waals surface area contributed by atoms with E-state index in [1.165, 1.54) is 6.07 Å². The van der Waals surface area contributed by atoms with Gasteiger partial charge in [-0.25, -0.2) is 4.39 Å². The van der Waals surface area contributed by atoms with Gasteiger partial charge in [0.2, 0.25) is 0 Å². The van der Waals surface area contributed by atoms with Crippen LogP contribution in [0.3, 0.4) is 0 Å². The van der Waals surface area contributed by atoms with Crippen molar-refractivity contribution in [3.8, 4) is 0 Å². The predicted molar refractivity (Wildman–Crippen MR) is 76.4 cm³/mol. The van der Waals surface area contributed by atoms with Gasteiger partial charge in [-0.05, 0) is 25.8 Å². The molecule has 1 saturated heterocycles. The zero-order chi connectivity index (χ0) is 13.0. The quantitative estimate of drug-likeness (QED) is 0.904. The Balaban J connectivity index is 2.04. The second-order valence-corrected chi connectivity index (χ2v) is 5.93. The molecule has 1 atom stereocenters. The number of thioether (sulfide) groups is 1. The number of amidine groups is 1. The van der Waals surface area contributed by atoms with Gasteiger partial charge in [-0.1, -0.05) is 36.9 Å². The molecule has 4 heteroatoms. The van der Waals surface area contributed by atoms with E-state index in [1.54, 1.807) is 23.9 Å². The molecule has 1 unspecified atom stereocenters. The molecule has 0 aromatic heterocycles. The van der Waals surface area contributed by atoms with E-state index >= 15 is 0 Å². The number of rotatable bonds is 3. The topological polar surface area (TPSA) is 24.4 Å². The normalized spacial score (nSPS) is 26.1. The Kier molecular flexibility index (Phi) is 4.27. The van der Waals surface area contributed by atoms with Crippen LogP contribution in [0.4, 0.5) is 4.39 Å². The van der Waals surface area contributed by atoms with E-state index < -0.39 is 0 Å². The fourth-order valence-electron chi connectivity index (χ4n) is 1.86. The summed E-state index contributed by atoms with van der Waals surface area (Å²) in [5.74, 6) is 0.897. The third-order valence-electron chi connectivity index (χ3n) is 3.43.